The average Bonchev–Trinajstić information content (AvgIpc) is 2.59. The molecule has 1 aliphatic heterocycles. The van der Waals surface area contributed by atoms with Gasteiger partial charge >= 0.3 is 0 Å². The summed E-state index contributed by atoms with van der Waals surface area (Å²) in [7, 11) is 0. The Bertz CT molecular complexity index is 436. The Morgan fingerprint density at radius 1 is 1.45 bits per heavy atom. The Labute approximate surface area is 119 Å². The molecular weight excluding hydrogens is 256 g/mol. The number of rotatable bonds is 4. The molecule has 1 unspecified atom stereocenters. The quantitative estimate of drug-likeness (QED) is 0.709. The van der Waals surface area contributed by atoms with E-state index in [1.165, 1.54) is 0 Å². The second-order valence-corrected chi connectivity index (χ2v) is 5.51. The van der Waals surface area contributed by atoms with Crippen LogP contribution in [-0.4, -0.2) is 46.1 Å². The topological polar surface area (TPSA) is 77.5 Å². The molecule has 0 aliphatic carbocycles. The van der Waals surface area contributed by atoms with Gasteiger partial charge in [0.25, 0.3) is 5.91 Å². The Hall–Kier alpha value is -1.66. The highest BCUT2D eigenvalue weighted by Gasteiger charge is 2.25. The zero-order chi connectivity index (χ0) is 14.4. The van der Waals surface area contributed by atoms with Gasteiger partial charge in [0.1, 0.15) is 5.82 Å². The van der Waals surface area contributed by atoms with Crippen LogP contribution in [0.3, 0.4) is 0 Å². The first-order chi connectivity index (χ1) is 9.55. The summed E-state index contributed by atoms with van der Waals surface area (Å²) in [5, 5.41) is 10.0. The van der Waals surface area contributed by atoms with Crippen molar-refractivity contribution in [2.75, 3.05) is 25.1 Å². The molecule has 0 spiro atoms. The number of anilines is 1. The summed E-state index contributed by atoms with van der Waals surface area (Å²) in [6.07, 6.45) is 4.06. The highest BCUT2D eigenvalue weighted by Crippen LogP contribution is 2.20. The first kappa shape index (κ1) is 14.7. The highest BCUT2D eigenvalue weighted by atomic mass is 16.3. The van der Waals surface area contributed by atoms with Crippen molar-refractivity contribution in [1.29, 1.82) is 0 Å². The van der Waals surface area contributed by atoms with Crippen LogP contribution in [0.4, 0.5) is 5.82 Å². The maximum Gasteiger partial charge on any atom is 0.252 e. The number of hydrogen-bond donors (Lipinski definition) is 3. The Kier molecular flexibility index (Phi) is 4.92. The van der Waals surface area contributed by atoms with Crippen molar-refractivity contribution in [3.05, 3.63) is 24.4 Å². The predicted molar refractivity (Wildman–Crippen MR) is 76.9 cm³/mol. The van der Waals surface area contributed by atoms with Crippen molar-refractivity contribution in [2.45, 2.75) is 31.8 Å². The summed E-state index contributed by atoms with van der Waals surface area (Å²) in [5.41, 5.74) is 4.81. The van der Waals surface area contributed by atoms with Crippen LogP contribution in [-0.2, 0) is 4.79 Å². The van der Waals surface area contributed by atoms with E-state index in [0.717, 1.165) is 25.9 Å². The van der Waals surface area contributed by atoms with Crippen molar-refractivity contribution in [3.63, 3.8) is 0 Å². The number of likely N-dealkylation sites (tertiary alicyclic amines) is 1. The number of aromatic nitrogens is 1. The Morgan fingerprint density at radius 3 is 3.05 bits per heavy atom. The molecule has 110 valence electrons. The third kappa shape index (κ3) is 4.79. The summed E-state index contributed by atoms with van der Waals surface area (Å²) < 4.78 is 0. The molecule has 2 heterocycles. The number of hydrazine groups is 1. The molecule has 0 bridgehead atoms. The minimum absolute atomic E-state index is 0.0998. The summed E-state index contributed by atoms with van der Waals surface area (Å²) in [5.74, 6) is 0.511. The molecule has 1 saturated heterocycles. The monoisotopic (exact) mass is 278 g/mol. The van der Waals surface area contributed by atoms with Gasteiger partial charge in [-0.3, -0.25) is 20.5 Å². The highest BCUT2D eigenvalue weighted by molar-refractivity contribution is 5.79. The van der Waals surface area contributed by atoms with E-state index >= 15 is 0 Å². The van der Waals surface area contributed by atoms with E-state index in [9.17, 15) is 9.90 Å². The summed E-state index contributed by atoms with van der Waals surface area (Å²) in [6.45, 7) is 3.77. The van der Waals surface area contributed by atoms with E-state index in [1.807, 2.05) is 19.1 Å². The average molecular weight is 278 g/mol. The maximum atomic E-state index is 11.9. The number of nitrogens with zero attached hydrogens (tertiary/aromatic N) is 2. The second-order valence-electron chi connectivity index (χ2n) is 5.51. The van der Waals surface area contributed by atoms with Crippen molar-refractivity contribution in [3.8, 4) is 0 Å². The van der Waals surface area contributed by atoms with Gasteiger partial charge < -0.3 is 5.11 Å². The van der Waals surface area contributed by atoms with E-state index in [0.29, 0.717) is 18.8 Å². The van der Waals surface area contributed by atoms with Gasteiger partial charge in [-0.1, -0.05) is 6.07 Å². The van der Waals surface area contributed by atoms with Crippen LogP contribution in [0.2, 0.25) is 0 Å². The van der Waals surface area contributed by atoms with E-state index in [1.54, 1.807) is 12.3 Å². The molecule has 6 nitrogen and oxygen atoms in total. The first-order valence-electron chi connectivity index (χ1n) is 6.96. The van der Waals surface area contributed by atoms with Gasteiger partial charge in [-0.2, -0.15) is 0 Å². The van der Waals surface area contributed by atoms with Gasteiger partial charge in [0.15, 0.2) is 0 Å². The molecule has 20 heavy (non-hydrogen) atoms. The molecule has 0 aromatic carbocycles. The molecule has 1 aromatic rings. The third-order valence-corrected chi connectivity index (χ3v) is 3.52. The van der Waals surface area contributed by atoms with Gasteiger partial charge in [0, 0.05) is 12.7 Å². The number of hydrogen-bond acceptors (Lipinski definition) is 5. The molecule has 1 amide bonds. The minimum Gasteiger partial charge on any atom is -0.390 e. The fourth-order valence-corrected chi connectivity index (χ4v) is 2.29. The first-order valence-corrected chi connectivity index (χ1v) is 6.96. The van der Waals surface area contributed by atoms with Crippen molar-refractivity contribution in [2.24, 2.45) is 0 Å². The maximum absolute atomic E-state index is 11.9. The van der Waals surface area contributed by atoms with Crippen LogP contribution in [0.25, 0.3) is 0 Å². The molecule has 1 atom stereocenters. The van der Waals surface area contributed by atoms with Gasteiger partial charge in [-0.15, -0.1) is 0 Å². The van der Waals surface area contributed by atoms with Crippen LogP contribution in [0.15, 0.2) is 24.4 Å². The molecule has 3 N–H and O–H groups in total. The second kappa shape index (κ2) is 6.67. The lowest BCUT2D eigenvalue weighted by atomic mass is 9.98. The lowest BCUT2D eigenvalue weighted by Crippen LogP contribution is -2.40. The number of nitrogens with one attached hydrogen (secondary N) is 2. The SMILES string of the molecule is CC1(O)CCCN(CC(=O)NNc2ccccn2)CC1. The molecule has 2 rings (SSSR count). The van der Waals surface area contributed by atoms with Crippen molar-refractivity contribution < 1.29 is 9.90 Å². The van der Waals surface area contributed by atoms with Gasteiger partial charge in [0.05, 0.1) is 12.1 Å². The van der Waals surface area contributed by atoms with E-state index in [4.69, 9.17) is 0 Å². The van der Waals surface area contributed by atoms with Crippen molar-refractivity contribution >= 4 is 11.7 Å². The van der Waals surface area contributed by atoms with Crippen LogP contribution in [0.5, 0.6) is 0 Å². The Morgan fingerprint density at radius 2 is 2.30 bits per heavy atom. The molecule has 0 radical (unpaired) electrons. The third-order valence-electron chi connectivity index (χ3n) is 3.52. The number of pyridine rings is 1. The molecular formula is C14H22N4O2. The molecule has 1 aromatic heterocycles. The lowest BCUT2D eigenvalue weighted by molar-refractivity contribution is -0.121. The standard InChI is InChI=1S/C14H22N4O2/c1-14(20)6-4-9-18(10-7-14)11-13(19)17-16-12-5-2-3-8-15-12/h2-3,5,8,20H,4,6-7,9-11H2,1H3,(H,15,16)(H,17,19). The molecule has 1 fully saturated rings. The van der Waals surface area contributed by atoms with Crippen molar-refractivity contribution in [1.82, 2.24) is 15.3 Å². The van der Waals surface area contributed by atoms with Gasteiger partial charge in [-0.05, 0) is 44.9 Å². The van der Waals surface area contributed by atoms with Gasteiger partial charge in [-0.25, -0.2) is 4.98 Å². The number of amides is 1. The molecule has 1 aliphatic rings. The van der Waals surface area contributed by atoms with Crippen LogP contribution in [0.1, 0.15) is 26.2 Å². The summed E-state index contributed by atoms with van der Waals surface area (Å²) >= 11 is 0. The van der Waals surface area contributed by atoms with E-state index in [2.05, 4.69) is 20.7 Å². The number of carbonyl (C=O) groups excluding carboxylic acids is 1. The minimum atomic E-state index is -0.600. The largest absolute Gasteiger partial charge is 0.390 e. The normalized spacial score (nSPS) is 23.9. The fourth-order valence-electron chi connectivity index (χ4n) is 2.29. The van der Waals surface area contributed by atoms with Crippen LogP contribution in [0, 0.1) is 0 Å². The number of aliphatic hydroxyl groups is 1. The smallest absolute Gasteiger partial charge is 0.252 e. The number of carbonyl (C=O) groups is 1. The van der Waals surface area contributed by atoms with E-state index < -0.39 is 5.60 Å². The predicted octanol–water partition coefficient (Wildman–Crippen LogP) is 0.762. The molecule has 6 heteroatoms. The van der Waals surface area contributed by atoms with Crippen LogP contribution >= 0.6 is 0 Å². The zero-order valence-corrected chi connectivity index (χ0v) is 11.8. The Balaban J connectivity index is 1.74. The van der Waals surface area contributed by atoms with Gasteiger partial charge in [0.2, 0.25) is 0 Å². The summed E-state index contributed by atoms with van der Waals surface area (Å²) in [4.78, 5) is 18.0. The fraction of sp³-hybridized carbons (Fsp3) is 0.571. The summed E-state index contributed by atoms with van der Waals surface area (Å²) in [6, 6.07) is 5.44. The lowest BCUT2D eigenvalue weighted by Gasteiger charge is -2.22. The zero-order valence-electron chi connectivity index (χ0n) is 11.8. The van der Waals surface area contributed by atoms with Crippen LogP contribution < -0.4 is 10.9 Å². The van der Waals surface area contributed by atoms with E-state index in [-0.39, 0.29) is 5.91 Å². The molecule has 0 saturated carbocycles.